The normalized spacial score (nSPS) is 19.9. The van der Waals surface area contributed by atoms with Crippen LogP contribution in [0.4, 0.5) is 0 Å². The van der Waals surface area contributed by atoms with Crippen LogP contribution in [0.15, 0.2) is 24.9 Å². The van der Waals surface area contributed by atoms with Crippen molar-refractivity contribution in [3.63, 3.8) is 0 Å². The SMILES string of the molecule is C=CN1CCCCC1c1nc(C)nc2cc(OCCCN3CCCC3)c(OC)cc12. The van der Waals surface area contributed by atoms with Gasteiger partial charge in [0.25, 0.3) is 0 Å². The van der Waals surface area contributed by atoms with Gasteiger partial charge in [0.2, 0.25) is 0 Å². The van der Waals surface area contributed by atoms with Gasteiger partial charge in [-0.3, -0.25) is 0 Å². The number of piperidine rings is 1. The van der Waals surface area contributed by atoms with Crippen LogP contribution in [0.3, 0.4) is 0 Å². The third-order valence-electron chi connectivity index (χ3n) is 6.29. The minimum absolute atomic E-state index is 0.234. The van der Waals surface area contributed by atoms with Crippen LogP contribution in [-0.2, 0) is 0 Å². The molecule has 0 saturated carbocycles. The lowest BCUT2D eigenvalue weighted by molar-refractivity contribution is 0.213. The second-order valence-electron chi connectivity index (χ2n) is 8.36. The molecular weight excluding hydrogens is 376 g/mol. The zero-order valence-electron chi connectivity index (χ0n) is 18.4. The van der Waals surface area contributed by atoms with E-state index in [1.807, 2.05) is 19.2 Å². The average molecular weight is 411 g/mol. The van der Waals surface area contributed by atoms with E-state index in [9.17, 15) is 0 Å². The number of nitrogens with zero attached hydrogens (tertiary/aromatic N) is 4. The third-order valence-corrected chi connectivity index (χ3v) is 6.29. The first-order chi connectivity index (χ1) is 14.7. The van der Waals surface area contributed by atoms with Gasteiger partial charge in [0, 0.05) is 24.5 Å². The summed E-state index contributed by atoms with van der Waals surface area (Å²) in [5.41, 5.74) is 1.98. The molecule has 0 N–H and O–H groups in total. The summed E-state index contributed by atoms with van der Waals surface area (Å²) < 4.78 is 11.8. The zero-order chi connectivity index (χ0) is 20.9. The molecule has 2 saturated heterocycles. The summed E-state index contributed by atoms with van der Waals surface area (Å²) in [5.74, 6) is 2.30. The maximum Gasteiger partial charge on any atom is 0.163 e. The number of ether oxygens (including phenoxy) is 2. The van der Waals surface area contributed by atoms with Crippen molar-refractivity contribution < 1.29 is 9.47 Å². The fourth-order valence-corrected chi connectivity index (χ4v) is 4.75. The molecule has 6 nitrogen and oxygen atoms in total. The molecule has 1 aromatic heterocycles. The number of hydrogen-bond donors (Lipinski definition) is 0. The smallest absolute Gasteiger partial charge is 0.163 e. The van der Waals surface area contributed by atoms with Crippen LogP contribution in [0.1, 0.15) is 56.1 Å². The van der Waals surface area contributed by atoms with Gasteiger partial charge >= 0.3 is 0 Å². The Morgan fingerprint density at radius 1 is 1.10 bits per heavy atom. The van der Waals surface area contributed by atoms with E-state index >= 15 is 0 Å². The van der Waals surface area contributed by atoms with E-state index in [0.717, 1.165) is 59.9 Å². The predicted octanol–water partition coefficient (Wildman–Crippen LogP) is 4.48. The molecule has 2 fully saturated rings. The van der Waals surface area contributed by atoms with Gasteiger partial charge in [-0.25, -0.2) is 9.97 Å². The highest BCUT2D eigenvalue weighted by Crippen LogP contribution is 2.38. The fraction of sp³-hybridized carbons (Fsp3) is 0.583. The Hall–Kier alpha value is -2.34. The quantitative estimate of drug-likeness (QED) is 0.598. The van der Waals surface area contributed by atoms with E-state index in [1.54, 1.807) is 7.11 Å². The number of methoxy groups -OCH3 is 1. The maximum absolute atomic E-state index is 6.12. The van der Waals surface area contributed by atoms with Gasteiger partial charge in [0.05, 0.1) is 31.0 Å². The van der Waals surface area contributed by atoms with Gasteiger partial charge < -0.3 is 19.3 Å². The molecule has 2 aromatic rings. The lowest BCUT2D eigenvalue weighted by Gasteiger charge is -2.35. The molecular formula is C24H34N4O2. The lowest BCUT2D eigenvalue weighted by Crippen LogP contribution is -2.29. The van der Waals surface area contributed by atoms with Gasteiger partial charge in [-0.2, -0.15) is 0 Å². The van der Waals surface area contributed by atoms with Gasteiger partial charge in [-0.15, -0.1) is 0 Å². The Morgan fingerprint density at radius 2 is 1.90 bits per heavy atom. The van der Waals surface area contributed by atoms with E-state index in [2.05, 4.69) is 22.4 Å². The topological polar surface area (TPSA) is 50.7 Å². The van der Waals surface area contributed by atoms with Crippen molar-refractivity contribution in [2.24, 2.45) is 0 Å². The molecule has 2 aliphatic heterocycles. The molecule has 162 valence electrons. The van der Waals surface area contributed by atoms with Crippen molar-refractivity contribution in [3.8, 4) is 11.5 Å². The average Bonchev–Trinajstić information content (AvgIpc) is 3.29. The number of aromatic nitrogens is 2. The summed E-state index contributed by atoms with van der Waals surface area (Å²) in [5, 5.41) is 1.04. The number of benzene rings is 1. The molecule has 0 amide bonds. The van der Waals surface area contributed by atoms with Gasteiger partial charge in [0.1, 0.15) is 5.82 Å². The molecule has 0 aliphatic carbocycles. The van der Waals surface area contributed by atoms with Crippen LogP contribution in [0, 0.1) is 6.92 Å². The van der Waals surface area contributed by atoms with Crippen LogP contribution in [0.2, 0.25) is 0 Å². The Labute approximate surface area is 179 Å². The molecule has 0 spiro atoms. The van der Waals surface area contributed by atoms with Crippen molar-refractivity contribution in [1.29, 1.82) is 0 Å². The highest BCUT2D eigenvalue weighted by atomic mass is 16.5. The van der Waals surface area contributed by atoms with Crippen molar-refractivity contribution in [1.82, 2.24) is 19.8 Å². The summed E-state index contributed by atoms with van der Waals surface area (Å²) in [4.78, 5) is 14.4. The standard InChI is InChI=1S/C24H34N4O2/c1-4-28-14-6-5-10-21(28)24-19-16-22(29-3)23(17-20(19)25-18(2)26-24)30-15-9-13-27-11-7-8-12-27/h4,16-17,21H,1,5-15H2,2-3H3. The lowest BCUT2D eigenvalue weighted by atomic mass is 9.96. The van der Waals surface area contributed by atoms with Crippen LogP contribution < -0.4 is 9.47 Å². The van der Waals surface area contributed by atoms with E-state index in [4.69, 9.17) is 19.4 Å². The molecule has 1 atom stereocenters. The predicted molar refractivity (Wildman–Crippen MR) is 120 cm³/mol. The first-order valence-electron chi connectivity index (χ1n) is 11.3. The van der Waals surface area contributed by atoms with E-state index in [-0.39, 0.29) is 6.04 Å². The fourth-order valence-electron chi connectivity index (χ4n) is 4.75. The van der Waals surface area contributed by atoms with Crippen LogP contribution in [0.25, 0.3) is 10.9 Å². The summed E-state index contributed by atoms with van der Waals surface area (Å²) in [7, 11) is 1.70. The molecule has 0 radical (unpaired) electrons. The van der Waals surface area contributed by atoms with Crippen molar-refractivity contribution >= 4 is 10.9 Å². The highest BCUT2D eigenvalue weighted by molar-refractivity contribution is 5.85. The highest BCUT2D eigenvalue weighted by Gasteiger charge is 2.26. The number of fused-ring (bicyclic) bond motifs is 1. The number of aryl methyl sites for hydroxylation is 1. The Kier molecular flexibility index (Phi) is 6.72. The largest absolute Gasteiger partial charge is 0.493 e. The van der Waals surface area contributed by atoms with Gasteiger partial charge in [-0.1, -0.05) is 6.58 Å². The van der Waals surface area contributed by atoms with Crippen molar-refractivity contribution in [2.75, 3.05) is 39.9 Å². The molecule has 30 heavy (non-hydrogen) atoms. The minimum Gasteiger partial charge on any atom is -0.493 e. The summed E-state index contributed by atoms with van der Waals surface area (Å²) in [6, 6.07) is 4.30. The van der Waals surface area contributed by atoms with Gasteiger partial charge in [-0.05, 0) is 70.8 Å². The number of likely N-dealkylation sites (tertiary alicyclic amines) is 2. The third kappa shape index (κ3) is 4.53. The molecule has 4 rings (SSSR count). The molecule has 1 aromatic carbocycles. The van der Waals surface area contributed by atoms with Crippen molar-refractivity contribution in [2.45, 2.75) is 51.5 Å². The second-order valence-corrected chi connectivity index (χ2v) is 8.36. The summed E-state index contributed by atoms with van der Waals surface area (Å²) >= 11 is 0. The van der Waals surface area contributed by atoms with E-state index in [0.29, 0.717) is 6.61 Å². The molecule has 0 bridgehead atoms. The first kappa shape index (κ1) is 20.9. The van der Waals surface area contributed by atoms with Crippen molar-refractivity contribution in [3.05, 3.63) is 36.4 Å². The Morgan fingerprint density at radius 3 is 2.67 bits per heavy atom. The number of rotatable bonds is 8. The van der Waals surface area contributed by atoms with Crippen LogP contribution in [0.5, 0.6) is 11.5 Å². The first-order valence-corrected chi connectivity index (χ1v) is 11.3. The summed E-state index contributed by atoms with van der Waals surface area (Å²) in [6.07, 6.45) is 9.09. The van der Waals surface area contributed by atoms with Crippen LogP contribution >= 0.6 is 0 Å². The zero-order valence-corrected chi connectivity index (χ0v) is 18.4. The van der Waals surface area contributed by atoms with Crippen LogP contribution in [-0.4, -0.2) is 59.7 Å². The molecule has 2 aliphatic rings. The number of hydrogen-bond acceptors (Lipinski definition) is 6. The minimum atomic E-state index is 0.234. The molecule has 1 unspecified atom stereocenters. The van der Waals surface area contributed by atoms with E-state index < -0.39 is 0 Å². The summed E-state index contributed by atoms with van der Waals surface area (Å²) in [6.45, 7) is 11.2. The Balaban J connectivity index is 1.58. The van der Waals surface area contributed by atoms with Gasteiger partial charge in [0.15, 0.2) is 11.5 Å². The molecule has 6 heteroatoms. The maximum atomic E-state index is 6.12. The second kappa shape index (κ2) is 9.65. The molecule has 3 heterocycles. The van der Waals surface area contributed by atoms with E-state index in [1.165, 1.54) is 38.8 Å². The monoisotopic (exact) mass is 410 g/mol. The Bertz CT molecular complexity index is 879.